The number of hydrogen-bond donors (Lipinski definition) is 2. The number of carboxylic acids is 1. The molecule has 5 nitrogen and oxygen atoms in total. The highest BCUT2D eigenvalue weighted by molar-refractivity contribution is 5.86. The average molecular weight is 293 g/mol. The van der Waals surface area contributed by atoms with E-state index in [-0.39, 0.29) is 17.7 Å². The Morgan fingerprint density at radius 1 is 1.24 bits per heavy atom. The molecule has 0 aromatic heterocycles. The van der Waals surface area contributed by atoms with Crippen molar-refractivity contribution in [2.45, 2.75) is 25.3 Å². The molecular formula is C15H16FNO4. The van der Waals surface area contributed by atoms with E-state index in [0.29, 0.717) is 31.4 Å². The molecule has 1 fully saturated rings. The van der Waals surface area contributed by atoms with Gasteiger partial charge in [0, 0.05) is 12.0 Å². The molecule has 112 valence electrons. The minimum Gasteiger partial charge on any atom is -0.490 e. The molecule has 0 saturated heterocycles. The maximum Gasteiger partial charge on any atom is 0.307 e. The van der Waals surface area contributed by atoms with Crippen molar-refractivity contribution >= 4 is 11.9 Å². The van der Waals surface area contributed by atoms with Gasteiger partial charge >= 0.3 is 5.97 Å². The van der Waals surface area contributed by atoms with Gasteiger partial charge in [0.2, 0.25) is 5.91 Å². The van der Waals surface area contributed by atoms with Gasteiger partial charge in [0.25, 0.3) is 0 Å². The number of carboxylic acid groups (broad SMARTS) is 1. The van der Waals surface area contributed by atoms with Crippen molar-refractivity contribution in [2.75, 3.05) is 6.61 Å². The van der Waals surface area contributed by atoms with Crippen LogP contribution in [0.5, 0.6) is 5.75 Å². The van der Waals surface area contributed by atoms with E-state index in [9.17, 15) is 14.0 Å². The van der Waals surface area contributed by atoms with Gasteiger partial charge in [-0.05, 0) is 18.9 Å². The number of fused-ring (bicyclic) bond motifs is 1. The molecule has 0 radical (unpaired) electrons. The predicted molar refractivity (Wildman–Crippen MR) is 71.2 cm³/mol. The fourth-order valence-corrected chi connectivity index (χ4v) is 2.92. The van der Waals surface area contributed by atoms with Crippen LogP contribution < -0.4 is 10.1 Å². The molecule has 0 spiro atoms. The highest BCUT2D eigenvalue weighted by atomic mass is 19.1. The number of ether oxygens (including phenoxy) is 1. The van der Waals surface area contributed by atoms with Crippen molar-refractivity contribution in [1.29, 1.82) is 0 Å². The topological polar surface area (TPSA) is 75.6 Å². The van der Waals surface area contributed by atoms with Gasteiger partial charge in [0.15, 0.2) is 11.6 Å². The van der Waals surface area contributed by atoms with Crippen molar-refractivity contribution < 1.29 is 23.8 Å². The SMILES string of the molecule is O=C(O)C1CCC1C(=O)N[C@@H]1CCOc2c(F)cccc21. The zero-order valence-corrected chi connectivity index (χ0v) is 11.3. The molecule has 3 atom stereocenters. The lowest BCUT2D eigenvalue weighted by Gasteiger charge is -2.34. The van der Waals surface area contributed by atoms with Crippen LogP contribution in [0, 0.1) is 17.7 Å². The van der Waals surface area contributed by atoms with Crippen LogP contribution in [0.4, 0.5) is 4.39 Å². The second kappa shape index (κ2) is 5.35. The van der Waals surface area contributed by atoms with E-state index in [1.807, 2.05) is 0 Å². The summed E-state index contributed by atoms with van der Waals surface area (Å²) in [5.41, 5.74) is 0.612. The van der Waals surface area contributed by atoms with E-state index in [1.54, 1.807) is 12.1 Å². The minimum absolute atomic E-state index is 0.178. The monoisotopic (exact) mass is 293 g/mol. The standard InChI is InChI=1S/C15H16FNO4/c16-11-3-1-2-10-12(6-7-21-13(10)11)17-14(18)8-4-5-9(8)15(19)20/h1-3,8-9,12H,4-7H2,(H,17,18)(H,19,20)/t8?,9?,12-/m1/s1. The maximum absolute atomic E-state index is 13.7. The Labute approximate surface area is 121 Å². The molecule has 1 aromatic rings. The second-order valence-corrected chi connectivity index (χ2v) is 5.49. The molecule has 2 N–H and O–H groups in total. The number of nitrogens with one attached hydrogen (secondary N) is 1. The van der Waals surface area contributed by atoms with Crippen molar-refractivity contribution in [3.05, 3.63) is 29.6 Å². The van der Waals surface area contributed by atoms with E-state index in [2.05, 4.69) is 5.32 Å². The van der Waals surface area contributed by atoms with Crippen LogP contribution >= 0.6 is 0 Å². The fraction of sp³-hybridized carbons (Fsp3) is 0.467. The maximum atomic E-state index is 13.7. The van der Waals surface area contributed by atoms with Crippen LogP contribution in [0.2, 0.25) is 0 Å². The van der Waals surface area contributed by atoms with Gasteiger partial charge in [0.05, 0.1) is 24.5 Å². The molecule has 0 bridgehead atoms. The first-order chi connectivity index (χ1) is 10.1. The Balaban J connectivity index is 1.74. The molecule has 1 amide bonds. The highest BCUT2D eigenvalue weighted by Gasteiger charge is 2.42. The van der Waals surface area contributed by atoms with Gasteiger partial charge in [-0.1, -0.05) is 12.1 Å². The van der Waals surface area contributed by atoms with Gasteiger partial charge < -0.3 is 15.2 Å². The van der Waals surface area contributed by atoms with Crippen molar-refractivity contribution in [3.8, 4) is 5.75 Å². The first-order valence-electron chi connectivity index (χ1n) is 7.02. The predicted octanol–water partition coefficient (Wildman–Crippen LogP) is 1.88. The number of rotatable bonds is 3. The second-order valence-electron chi connectivity index (χ2n) is 5.49. The zero-order valence-electron chi connectivity index (χ0n) is 11.3. The molecular weight excluding hydrogens is 277 g/mol. The molecule has 2 unspecified atom stereocenters. The number of amides is 1. The van der Waals surface area contributed by atoms with E-state index in [1.165, 1.54) is 6.07 Å². The summed E-state index contributed by atoms with van der Waals surface area (Å²) in [4.78, 5) is 23.2. The zero-order chi connectivity index (χ0) is 15.0. The third-order valence-electron chi connectivity index (χ3n) is 4.27. The van der Waals surface area contributed by atoms with E-state index >= 15 is 0 Å². The summed E-state index contributed by atoms with van der Waals surface area (Å²) in [5, 5.41) is 11.8. The van der Waals surface area contributed by atoms with Crippen LogP contribution in [-0.4, -0.2) is 23.6 Å². The molecule has 1 heterocycles. The summed E-state index contributed by atoms with van der Waals surface area (Å²) < 4.78 is 19.0. The van der Waals surface area contributed by atoms with Gasteiger partial charge in [-0.15, -0.1) is 0 Å². The summed E-state index contributed by atoms with van der Waals surface area (Å²) in [6, 6.07) is 4.28. The lowest BCUT2D eigenvalue weighted by Crippen LogP contribution is -2.45. The summed E-state index contributed by atoms with van der Waals surface area (Å²) >= 11 is 0. The average Bonchev–Trinajstić information content (AvgIpc) is 2.38. The fourth-order valence-electron chi connectivity index (χ4n) is 2.92. The lowest BCUT2D eigenvalue weighted by molar-refractivity contribution is -0.153. The summed E-state index contributed by atoms with van der Waals surface area (Å²) in [6.07, 6.45) is 1.67. The molecule has 1 aromatic carbocycles. The molecule has 1 aliphatic heterocycles. The first-order valence-corrected chi connectivity index (χ1v) is 7.02. The van der Waals surface area contributed by atoms with Gasteiger partial charge in [0.1, 0.15) is 0 Å². The normalized spacial score (nSPS) is 27.0. The molecule has 1 aliphatic carbocycles. The Morgan fingerprint density at radius 2 is 2.00 bits per heavy atom. The van der Waals surface area contributed by atoms with Crippen molar-refractivity contribution in [1.82, 2.24) is 5.32 Å². The summed E-state index contributed by atoms with van der Waals surface area (Å²) in [6.45, 7) is 0.325. The van der Waals surface area contributed by atoms with E-state index in [0.717, 1.165) is 0 Å². The molecule has 1 saturated carbocycles. The molecule has 2 aliphatic rings. The largest absolute Gasteiger partial charge is 0.490 e. The van der Waals surface area contributed by atoms with Gasteiger partial charge in [-0.25, -0.2) is 4.39 Å². The third-order valence-corrected chi connectivity index (χ3v) is 4.27. The van der Waals surface area contributed by atoms with E-state index < -0.39 is 23.6 Å². The Bertz CT molecular complexity index is 589. The number of para-hydroxylation sites is 1. The number of halogens is 1. The van der Waals surface area contributed by atoms with E-state index in [4.69, 9.17) is 9.84 Å². The molecule has 21 heavy (non-hydrogen) atoms. The summed E-state index contributed by atoms with van der Waals surface area (Å²) in [7, 11) is 0. The number of carbonyl (C=O) groups is 2. The van der Waals surface area contributed by atoms with Crippen molar-refractivity contribution in [3.63, 3.8) is 0 Å². The summed E-state index contributed by atoms with van der Waals surface area (Å²) in [5.74, 6) is -2.55. The Morgan fingerprint density at radius 3 is 2.67 bits per heavy atom. The molecule has 3 rings (SSSR count). The van der Waals surface area contributed by atoms with Gasteiger partial charge in [-0.3, -0.25) is 9.59 Å². The quantitative estimate of drug-likeness (QED) is 0.892. The van der Waals surface area contributed by atoms with Crippen LogP contribution in [0.3, 0.4) is 0 Å². The van der Waals surface area contributed by atoms with Crippen molar-refractivity contribution in [2.24, 2.45) is 11.8 Å². The highest BCUT2D eigenvalue weighted by Crippen LogP contribution is 2.37. The smallest absolute Gasteiger partial charge is 0.307 e. The van der Waals surface area contributed by atoms with Crippen LogP contribution in [-0.2, 0) is 9.59 Å². The molecule has 6 heteroatoms. The minimum atomic E-state index is -0.931. The Hall–Kier alpha value is -2.11. The lowest BCUT2D eigenvalue weighted by atomic mass is 9.73. The number of carbonyl (C=O) groups excluding carboxylic acids is 1. The third kappa shape index (κ3) is 2.46. The van der Waals surface area contributed by atoms with Crippen LogP contribution in [0.25, 0.3) is 0 Å². The first kappa shape index (κ1) is 13.9. The van der Waals surface area contributed by atoms with Gasteiger partial charge in [-0.2, -0.15) is 0 Å². The van der Waals surface area contributed by atoms with Crippen LogP contribution in [0.1, 0.15) is 30.9 Å². The number of hydrogen-bond acceptors (Lipinski definition) is 3. The Kier molecular flexibility index (Phi) is 3.53. The number of aliphatic carboxylic acids is 1. The van der Waals surface area contributed by atoms with Crippen LogP contribution in [0.15, 0.2) is 18.2 Å². The number of benzene rings is 1.